The van der Waals surface area contributed by atoms with E-state index in [1.807, 2.05) is 18.2 Å². The number of hydrogen-bond acceptors (Lipinski definition) is 1. The molecule has 2 nitrogen and oxygen atoms in total. The maximum Gasteiger partial charge on any atom is 0.0685 e. The van der Waals surface area contributed by atoms with Crippen molar-refractivity contribution in [1.29, 1.82) is 0 Å². The molecular formula is C20H22Cl2N2. The normalized spacial score (nSPS) is 11.4. The number of benzene rings is 2. The smallest absolute Gasteiger partial charge is 0.0685 e. The molecule has 0 bridgehead atoms. The second kappa shape index (κ2) is 7.18. The van der Waals surface area contributed by atoms with Gasteiger partial charge in [-0.25, -0.2) is 0 Å². The van der Waals surface area contributed by atoms with Crippen LogP contribution in [-0.2, 0) is 6.42 Å². The first kappa shape index (κ1) is 17.3. The number of rotatable bonds is 5. The summed E-state index contributed by atoms with van der Waals surface area (Å²) in [6.07, 6.45) is 3.04. The quantitative estimate of drug-likeness (QED) is 0.535. The van der Waals surface area contributed by atoms with Crippen LogP contribution in [0.3, 0.4) is 0 Å². The molecule has 2 aromatic carbocycles. The van der Waals surface area contributed by atoms with Crippen molar-refractivity contribution in [2.75, 3.05) is 6.54 Å². The maximum absolute atomic E-state index is 6.49. The van der Waals surface area contributed by atoms with Crippen molar-refractivity contribution in [1.82, 2.24) is 4.98 Å². The lowest BCUT2D eigenvalue weighted by Gasteiger charge is -2.08. The molecule has 3 aromatic rings. The summed E-state index contributed by atoms with van der Waals surface area (Å²) in [5.74, 6) is 0. The highest BCUT2D eigenvalue weighted by molar-refractivity contribution is 6.43. The summed E-state index contributed by atoms with van der Waals surface area (Å²) >= 11 is 12.7. The van der Waals surface area contributed by atoms with Gasteiger partial charge in [0.2, 0.25) is 0 Å². The summed E-state index contributed by atoms with van der Waals surface area (Å²) in [5, 5.41) is 2.45. The van der Waals surface area contributed by atoms with Crippen molar-refractivity contribution in [3.8, 4) is 11.3 Å². The second-order valence-electron chi connectivity index (χ2n) is 6.33. The molecule has 0 saturated carbocycles. The highest BCUT2D eigenvalue weighted by Gasteiger charge is 2.17. The Hall–Kier alpha value is -1.48. The summed E-state index contributed by atoms with van der Waals surface area (Å²) < 4.78 is 0. The predicted octanol–water partition coefficient (Wildman–Crippen LogP) is 6.04. The number of H-pyrrole nitrogens is 1. The minimum Gasteiger partial charge on any atom is -0.354 e. The Labute approximate surface area is 153 Å². The minimum atomic E-state index is 0.577. The number of fused-ring (bicyclic) bond motifs is 1. The van der Waals surface area contributed by atoms with E-state index in [1.54, 1.807) is 0 Å². The molecule has 0 unspecified atom stereocenters. The molecule has 1 heterocycles. The molecule has 3 rings (SSSR count). The fourth-order valence-corrected chi connectivity index (χ4v) is 3.73. The van der Waals surface area contributed by atoms with Crippen molar-refractivity contribution in [3.05, 3.63) is 57.1 Å². The van der Waals surface area contributed by atoms with Crippen molar-refractivity contribution in [3.63, 3.8) is 0 Å². The molecular weight excluding hydrogens is 339 g/mol. The highest BCUT2D eigenvalue weighted by atomic mass is 35.5. The molecule has 0 spiro atoms. The standard InChI is InChI=1S/C20H22Cl2N2/c1-12-10-13(2)19-16(11-12)14(6-3-4-9-23)20(24-19)15-7-5-8-17(21)18(15)22/h5,7-8,10-11,24H,3-4,6,9,23H2,1-2H3. The molecule has 0 aliphatic heterocycles. The monoisotopic (exact) mass is 360 g/mol. The van der Waals surface area contributed by atoms with E-state index in [2.05, 4.69) is 31.0 Å². The zero-order chi connectivity index (χ0) is 17.3. The number of nitrogens with one attached hydrogen (secondary N) is 1. The van der Waals surface area contributed by atoms with E-state index in [9.17, 15) is 0 Å². The third kappa shape index (κ3) is 3.19. The average molecular weight is 361 g/mol. The van der Waals surface area contributed by atoms with Gasteiger partial charge in [-0.15, -0.1) is 0 Å². The van der Waals surface area contributed by atoms with Gasteiger partial charge in [-0.1, -0.05) is 47.0 Å². The third-order valence-corrected chi connectivity index (χ3v) is 5.28. The summed E-state index contributed by atoms with van der Waals surface area (Å²) in [5.41, 5.74) is 12.7. The first-order valence-electron chi connectivity index (χ1n) is 8.29. The van der Waals surface area contributed by atoms with E-state index in [0.29, 0.717) is 16.6 Å². The van der Waals surface area contributed by atoms with Gasteiger partial charge in [0.25, 0.3) is 0 Å². The second-order valence-corrected chi connectivity index (χ2v) is 7.12. The lowest BCUT2D eigenvalue weighted by Crippen LogP contribution is -1.99. The molecule has 0 amide bonds. The number of aryl methyl sites for hydroxylation is 3. The summed E-state index contributed by atoms with van der Waals surface area (Å²) in [7, 11) is 0. The van der Waals surface area contributed by atoms with Crippen LogP contribution in [0, 0.1) is 13.8 Å². The zero-order valence-electron chi connectivity index (χ0n) is 14.0. The Bertz CT molecular complexity index is 881. The van der Waals surface area contributed by atoms with Gasteiger partial charge in [-0.2, -0.15) is 0 Å². The van der Waals surface area contributed by atoms with Gasteiger partial charge < -0.3 is 10.7 Å². The van der Waals surface area contributed by atoms with E-state index in [1.165, 1.54) is 27.6 Å². The van der Waals surface area contributed by atoms with Gasteiger partial charge in [0, 0.05) is 16.5 Å². The Morgan fingerprint density at radius 2 is 1.88 bits per heavy atom. The van der Waals surface area contributed by atoms with Crippen molar-refractivity contribution in [2.24, 2.45) is 5.73 Å². The van der Waals surface area contributed by atoms with Crippen LogP contribution in [0.15, 0.2) is 30.3 Å². The van der Waals surface area contributed by atoms with Gasteiger partial charge in [-0.05, 0) is 62.9 Å². The van der Waals surface area contributed by atoms with Crippen LogP contribution >= 0.6 is 23.2 Å². The molecule has 3 N–H and O–H groups in total. The van der Waals surface area contributed by atoms with Crippen molar-refractivity contribution in [2.45, 2.75) is 33.1 Å². The van der Waals surface area contributed by atoms with Gasteiger partial charge in [0.1, 0.15) is 0 Å². The van der Waals surface area contributed by atoms with Crippen LogP contribution in [0.2, 0.25) is 10.0 Å². The van der Waals surface area contributed by atoms with E-state index < -0.39 is 0 Å². The van der Waals surface area contributed by atoms with Crippen LogP contribution in [0.25, 0.3) is 22.2 Å². The summed E-state index contributed by atoms with van der Waals surface area (Å²) in [4.78, 5) is 3.60. The van der Waals surface area contributed by atoms with Crippen LogP contribution in [0.5, 0.6) is 0 Å². The third-order valence-electron chi connectivity index (χ3n) is 4.46. The van der Waals surface area contributed by atoms with Crippen LogP contribution in [0.4, 0.5) is 0 Å². The molecule has 0 fully saturated rings. The number of hydrogen-bond donors (Lipinski definition) is 2. The first-order chi connectivity index (χ1) is 11.5. The molecule has 126 valence electrons. The fourth-order valence-electron chi connectivity index (χ4n) is 3.34. The van der Waals surface area contributed by atoms with Crippen LogP contribution < -0.4 is 5.73 Å². The van der Waals surface area contributed by atoms with E-state index in [0.717, 1.165) is 30.5 Å². The molecule has 1 aromatic heterocycles. The lowest BCUT2D eigenvalue weighted by molar-refractivity contribution is 0.748. The number of aromatic amines is 1. The largest absolute Gasteiger partial charge is 0.354 e. The lowest BCUT2D eigenvalue weighted by atomic mass is 9.98. The Balaban J connectivity index is 2.24. The van der Waals surface area contributed by atoms with Gasteiger partial charge in [0.05, 0.1) is 15.7 Å². The fraction of sp³-hybridized carbons (Fsp3) is 0.300. The molecule has 4 heteroatoms. The van der Waals surface area contributed by atoms with Gasteiger partial charge in [-0.3, -0.25) is 0 Å². The van der Waals surface area contributed by atoms with Crippen LogP contribution in [0.1, 0.15) is 29.5 Å². The van der Waals surface area contributed by atoms with Crippen molar-refractivity contribution < 1.29 is 0 Å². The number of nitrogens with two attached hydrogens (primary N) is 1. The highest BCUT2D eigenvalue weighted by Crippen LogP contribution is 2.39. The SMILES string of the molecule is Cc1cc(C)c2[nH]c(-c3cccc(Cl)c3Cl)c(CCCCN)c2c1. The minimum absolute atomic E-state index is 0.577. The van der Waals surface area contributed by atoms with Gasteiger partial charge in [0.15, 0.2) is 0 Å². The van der Waals surface area contributed by atoms with Crippen molar-refractivity contribution >= 4 is 34.1 Å². The zero-order valence-corrected chi connectivity index (χ0v) is 15.6. The van der Waals surface area contributed by atoms with Crippen LogP contribution in [-0.4, -0.2) is 11.5 Å². The molecule has 0 atom stereocenters. The first-order valence-corrected chi connectivity index (χ1v) is 9.04. The molecule has 0 aliphatic carbocycles. The number of aromatic nitrogens is 1. The molecule has 0 radical (unpaired) electrons. The Morgan fingerprint density at radius 3 is 2.62 bits per heavy atom. The topological polar surface area (TPSA) is 41.8 Å². The molecule has 0 saturated heterocycles. The summed E-state index contributed by atoms with van der Waals surface area (Å²) in [6, 6.07) is 10.2. The molecule has 0 aliphatic rings. The molecule has 24 heavy (non-hydrogen) atoms. The maximum atomic E-state index is 6.49. The summed E-state index contributed by atoms with van der Waals surface area (Å²) in [6.45, 7) is 4.99. The number of unbranched alkanes of at least 4 members (excludes halogenated alkanes) is 1. The average Bonchev–Trinajstić information content (AvgIpc) is 2.89. The number of halogens is 2. The predicted molar refractivity (Wildman–Crippen MR) is 105 cm³/mol. The van der Waals surface area contributed by atoms with E-state index >= 15 is 0 Å². The van der Waals surface area contributed by atoms with E-state index in [4.69, 9.17) is 28.9 Å². The van der Waals surface area contributed by atoms with E-state index in [-0.39, 0.29) is 0 Å². The van der Waals surface area contributed by atoms with Gasteiger partial charge >= 0.3 is 0 Å². The Kier molecular flexibility index (Phi) is 5.19. The Morgan fingerprint density at radius 1 is 1.08 bits per heavy atom.